The van der Waals surface area contributed by atoms with Crippen LogP contribution in [0.15, 0.2) is 24.3 Å². The molecule has 4 bridgehead atoms. The van der Waals surface area contributed by atoms with E-state index in [1.54, 1.807) is 18.2 Å². The molecule has 0 aromatic heterocycles. The summed E-state index contributed by atoms with van der Waals surface area (Å²) < 4.78 is 84.4. The van der Waals surface area contributed by atoms with Crippen LogP contribution in [0.4, 0.5) is 26.3 Å². The molecule has 140 valence electrons. The Balaban J connectivity index is 1.66. The number of carbonyl (C=O) groups is 2. The van der Waals surface area contributed by atoms with Gasteiger partial charge in [-0.05, 0) is 17.0 Å². The lowest BCUT2D eigenvalue weighted by molar-refractivity contribution is -0.211. The molecule has 4 aliphatic rings. The van der Waals surface area contributed by atoms with Gasteiger partial charge in [-0.3, -0.25) is 0 Å². The summed E-state index contributed by atoms with van der Waals surface area (Å²) in [6.07, 6.45) is -13.0. The van der Waals surface area contributed by atoms with Crippen LogP contribution in [0, 0.1) is 11.8 Å². The van der Waals surface area contributed by atoms with Crippen molar-refractivity contribution in [1.82, 2.24) is 0 Å². The molecule has 0 amide bonds. The van der Waals surface area contributed by atoms with Crippen molar-refractivity contribution in [3.8, 4) is 0 Å². The van der Waals surface area contributed by atoms with E-state index < -0.39 is 60.2 Å². The van der Waals surface area contributed by atoms with Crippen molar-refractivity contribution in [2.75, 3.05) is 0 Å². The summed E-state index contributed by atoms with van der Waals surface area (Å²) in [5.74, 6) is -7.44. The first-order valence-corrected chi connectivity index (χ1v) is 7.66. The van der Waals surface area contributed by atoms with Crippen molar-refractivity contribution in [2.24, 2.45) is 11.8 Å². The average Bonchev–Trinajstić information content (AvgIpc) is 3.21. The fraction of sp³-hybridized carbons (Fsp3) is 0.500. The van der Waals surface area contributed by atoms with Crippen LogP contribution < -0.4 is 0 Å². The molecule has 2 unspecified atom stereocenters. The number of hydrogen-bond acceptors (Lipinski definition) is 4. The maximum atomic E-state index is 12.5. The standard InChI is InChI=1S/C16H10F6O4/c17-15(18,19)13(23)25-11-8-6-4-2-1-3-5(6)7-9(11)10(7)12(8)26-14(24)16(20,21)22/h1-4,7-12H/t7?,8?,9?,10?,11-,12-/m0/s1. The molecule has 0 spiro atoms. The van der Waals surface area contributed by atoms with Crippen LogP contribution >= 0.6 is 0 Å². The first kappa shape index (κ1) is 17.2. The van der Waals surface area contributed by atoms with E-state index in [9.17, 15) is 35.9 Å². The van der Waals surface area contributed by atoms with E-state index in [0.717, 1.165) is 5.56 Å². The van der Waals surface area contributed by atoms with Crippen LogP contribution in [0.5, 0.6) is 0 Å². The van der Waals surface area contributed by atoms with Crippen molar-refractivity contribution < 1.29 is 45.4 Å². The molecule has 1 aromatic rings. The molecule has 4 aliphatic carbocycles. The highest BCUT2D eigenvalue weighted by molar-refractivity contribution is 5.77. The molecular formula is C16H10F6O4. The lowest BCUT2D eigenvalue weighted by Gasteiger charge is -2.36. The Kier molecular flexibility index (Phi) is 3.39. The maximum Gasteiger partial charge on any atom is 0.490 e. The highest BCUT2D eigenvalue weighted by Gasteiger charge is 2.75. The second-order valence-corrected chi connectivity index (χ2v) is 6.57. The van der Waals surface area contributed by atoms with Gasteiger partial charge in [0, 0.05) is 11.8 Å². The number of hydrogen-bond donors (Lipinski definition) is 0. The second-order valence-electron chi connectivity index (χ2n) is 6.57. The van der Waals surface area contributed by atoms with Gasteiger partial charge in [-0.15, -0.1) is 0 Å². The van der Waals surface area contributed by atoms with Crippen molar-refractivity contribution in [3.05, 3.63) is 35.4 Å². The molecule has 1 aromatic carbocycles. The molecule has 0 aliphatic heterocycles. The molecule has 0 saturated heterocycles. The molecule has 5 rings (SSSR count). The number of alkyl halides is 6. The fourth-order valence-corrected chi connectivity index (χ4v) is 4.44. The number of rotatable bonds is 2. The summed E-state index contributed by atoms with van der Waals surface area (Å²) in [7, 11) is 0. The molecule has 0 radical (unpaired) electrons. The van der Waals surface area contributed by atoms with Gasteiger partial charge in [0.2, 0.25) is 0 Å². The zero-order valence-electron chi connectivity index (χ0n) is 12.7. The lowest BCUT2D eigenvalue weighted by Crippen LogP contribution is -2.41. The number of ether oxygens (including phenoxy) is 2. The van der Waals surface area contributed by atoms with E-state index in [1.165, 1.54) is 6.07 Å². The van der Waals surface area contributed by atoms with Crippen LogP contribution in [-0.2, 0) is 19.1 Å². The van der Waals surface area contributed by atoms with Crippen molar-refractivity contribution in [3.63, 3.8) is 0 Å². The first-order valence-electron chi connectivity index (χ1n) is 7.66. The van der Waals surface area contributed by atoms with Crippen molar-refractivity contribution in [1.29, 1.82) is 0 Å². The minimum atomic E-state index is -5.22. The largest absolute Gasteiger partial charge is 0.490 e. The maximum absolute atomic E-state index is 12.5. The van der Waals surface area contributed by atoms with E-state index in [1.807, 2.05) is 0 Å². The topological polar surface area (TPSA) is 52.6 Å². The predicted molar refractivity (Wildman–Crippen MR) is 70.8 cm³/mol. The van der Waals surface area contributed by atoms with E-state index in [0.29, 0.717) is 5.56 Å². The van der Waals surface area contributed by atoms with Crippen LogP contribution in [-0.4, -0.2) is 36.5 Å². The van der Waals surface area contributed by atoms with Gasteiger partial charge in [0.25, 0.3) is 0 Å². The number of benzene rings is 1. The highest BCUT2D eigenvalue weighted by atomic mass is 19.4. The van der Waals surface area contributed by atoms with Crippen molar-refractivity contribution in [2.45, 2.75) is 36.4 Å². The predicted octanol–water partition coefficient (Wildman–Crippen LogP) is 3.08. The molecule has 2 fully saturated rings. The molecular weight excluding hydrogens is 370 g/mol. The van der Waals surface area contributed by atoms with Gasteiger partial charge in [0.05, 0.1) is 5.92 Å². The Morgan fingerprint density at radius 2 is 1.12 bits per heavy atom. The van der Waals surface area contributed by atoms with E-state index in [2.05, 4.69) is 9.47 Å². The molecule has 10 heteroatoms. The lowest BCUT2D eigenvalue weighted by atomic mass is 9.76. The normalized spacial score (nSPS) is 34.1. The van der Waals surface area contributed by atoms with E-state index >= 15 is 0 Å². The number of esters is 2. The van der Waals surface area contributed by atoms with Crippen LogP contribution in [0.25, 0.3) is 0 Å². The van der Waals surface area contributed by atoms with Gasteiger partial charge in [-0.2, -0.15) is 26.3 Å². The molecule has 4 nitrogen and oxygen atoms in total. The monoisotopic (exact) mass is 380 g/mol. The van der Waals surface area contributed by atoms with Gasteiger partial charge < -0.3 is 9.47 Å². The van der Waals surface area contributed by atoms with Crippen LogP contribution in [0.3, 0.4) is 0 Å². The summed E-state index contributed by atoms with van der Waals surface area (Å²) >= 11 is 0. The Morgan fingerprint density at radius 1 is 0.731 bits per heavy atom. The summed E-state index contributed by atoms with van der Waals surface area (Å²) in [5.41, 5.74) is 1.23. The highest BCUT2D eigenvalue weighted by Crippen LogP contribution is 2.73. The number of halogens is 6. The average molecular weight is 380 g/mol. The fourth-order valence-electron chi connectivity index (χ4n) is 4.44. The molecule has 26 heavy (non-hydrogen) atoms. The molecule has 0 N–H and O–H groups in total. The summed E-state index contributed by atoms with van der Waals surface area (Å²) in [5, 5.41) is 0. The Bertz CT molecular complexity index is 744. The molecule has 4 atom stereocenters. The van der Waals surface area contributed by atoms with Crippen LogP contribution in [0.2, 0.25) is 0 Å². The minimum Gasteiger partial charge on any atom is -0.455 e. The van der Waals surface area contributed by atoms with Gasteiger partial charge in [-0.1, -0.05) is 24.3 Å². The summed E-state index contributed by atoms with van der Waals surface area (Å²) in [6, 6.07) is 6.53. The molecule has 2 saturated carbocycles. The zero-order chi connectivity index (χ0) is 19.0. The van der Waals surface area contributed by atoms with Gasteiger partial charge in [-0.25, -0.2) is 9.59 Å². The third kappa shape index (κ3) is 2.38. The Morgan fingerprint density at radius 3 is 1.50 bits per heavy atom. The quantitative estimate of drug-likeness (QED) is 0.585. The first-order chi connectivity index (χ1) is 12.0. The van der Waals surface area contributed by atoms with E-state index in [-0.39, 0.29) is 0 Å². The SMILES string of the molecule is O=C(O[C@@H]1C2C3c4ccccc4C1[C@H](OC(=O)C(F)(F)F)C32)C(F)(F)F. The third-order valence-electron chi connectivity index (χ3n) is 5.26. The van der Waals surface area contributed by atoms with Gasteiger partial charge in [0.1, 0.15) is 12.2 Å². The van der Waals surface area contributed by atoms with Gasteiger partial charge >= 0.3 is 24.3 Å². The summed E-state index contributed by atoms with van der Waals surface area (Å²) in [6.45, 7) is 0. The van der Waals surface area contributed by atoms with Crippen molar-refractivity contribution >= 4 is 11.9 Å². The smallest absolute Gasteiger partial charge is 0.455 e. The number of carbonyl (C=O) groups excluding carboxylic acids is 2. The Labute approximate surface area is 142 Å². The Hall–Kier alpha value is -2.26. The molecule has 0 heterocycles. The van der Waals surface area contributed by atoms with E-state index in [4.69, 9.17) is 0 Å². The minimum absolute atomic E-state index is 0.395. The summed E-state index contributed by atoms with van der Waals surface area (Å²) in [4.78, 5) is 22.5. The van der Waals surface area contributed by atoms with Crippen LogP contribution in [0.1, 0.15) is 23.0 Å². The zero-order valence-corrected chi connectivity index (χ0v) is 12.7. The second kappa shape index (κ2) is 5.14. The van der Waals surface area contributed by atoms with Gasteiger partial charge in [0.15, 0.2) is 0 Å². The third-order valence-corrected chi connectivity index (χ3v) is 5.26.